The first kappa shape index (κ1) is 7.10. The van der Waals surface area contributed by atoms with E-state index < -0.39 is 24.0 Å². The molecule has 0 saturated carbocycles. The standard InChI is InChI=1S/C2H3F3OS/c3-2(4,1-6)7-5/h6H,1H2. The summed E-state index contributed by atoms with van der Waals surface area (Å²) in [4.78, 5) is 0. The molecule has 0 unspecified atom stereocenters. The smallest absolute Gasteiger partial charge is 0.345 e. The number of halogens is 3. The van der Waals surface area contributed by atoms with Crippen molar-refractivity contribution in [2.75, 3.05) is 6.61 Å². The summed E-state index contributed by atoms with van der Waals surface area (Å²) in [7, 11) is 0. The fourth-order valence-electron chi connectivity index (χ4n) is 0.0244. The van der Waals surface area contributed by atoms with E-state index in [1.807, 2.05) is 0 Å². The zero-order valence-corrected chi connectivity index (χ0v) is 4.01. The zero-order valence-electron chi connectivity index (χ0n) is 3.20. The molecular weight excluding hydrogens is 129 g/mol. The van der Waals surface area contributed by atoms with Gasteiger partial charge >= 0.3 is 5.25 Å². The van der Waals surface area contributed by atoms with Gasteiger partial charge in [0.25, 0.3) is 0 Å². The Morgan fingerprint density at radius 3 is 2.00 bits per heavy atom. The van der Waals surface area contributed by atoms with E-state index in [0.717, 1.165) is 0 Å². The molecule has 0 aromatic carbocycles. The van der Waals surface area contributed by atoms with Gasteiger partial charge in [0.05, 0.1) is 0 Å². The maximum absolute atomic E-state index is 11.2. The van der Waals surface area contributed by atoms with Gasteiger partial charge in [0.2, 0.25) is 0 Å². The molecule has 0 spiro atoms. The van der Waals surface area contributed by atoms with E-state index in [-0.39, 0.29) is 0 Å². The molecule has 0 bridgehead atoms. The summed E-state index contributed by atoms with van der Waals surface area (Å²) in [6.45, 7) is -1.45. The lowest BCUT2D eigenvalue weighted by atomic mass is 10.8. The van der Waals surface area contributed by atoms with E-state index in [2.05, 4.69) is 0 Å². The molecule has 0 aliphatic heterocycles. The Kier molecular flexibility index (Phi) is 2.45. The Labute approximate surface area is 42.8 Å². The van der Waals surface area contributed by atoms with E-state index in [1.165, 1.54) is 0 Å². The third-order valence-electron chi connectivity index (χ3n) is 0.297. The van der Waals surface area contributed by atoms with E-state index in [4.69, 9.17) is 5.11 Å². The molecule has 7 heavy (non-hydrogen) atoms. The highest BCUT2D eigenvalue weighted by Crippen LogP contribution is 2.28. The van der Waals surface area contributed by atoms with Crippen LogP contribution in [0, 0.1) is 0 Å². The first-order valence-electron chi connectivity index (χ1n) is 1.41. The predicted molar refractivity (Wildman–Crippen MR) is 20.7 cm³/mol. The van der Waals surface area contributed by atoms with E-state index in [1.54, 1.807) is 0 Å². The van der Waals surface area contributed by atoms with Gasteiger partial charge in [-0.15, -0.1) is 0 Å². The van der Waals surface area contributed by atoms with Crippen molar-refractivity contribution in [1.82, 2.24) is 0 Å². The van der Waals surface area contributed by atoms with Crippen LogP contribution in [0.5, 0.6) is 0 Å². The number of aliphatic hydroxyl groups is 1. The normalized spacial score (nSPS) is 12.0. The lowest BCUT2D eigenvalue weighted by Gasteiger charge is -2.02. The fourth-order valence-corrected chi connectivity index (χ4v) is 0.0732. The van der Waals surface area contributed by atoms with Crippen molar-refractivity contribution in [3.05, 3.63) is 0 Å². The Morgan fingerprint density at radius 1 is 1.57 bits per heavy atom. The van der Waals surface area contributed by atoms with Crippen LogP contribution in [-0.4, -0.2) is 17.0 Å². The molecule has 0 fully saturated rings. The zero-order chi connectivity index (χ0) is 5.91. The Bertz CT molecular complexity index is 50.9. The number of hydrogen-bond donors (Lipinski definition) is 1. The minimum atomic E-state index is -3.61. The fraction of sp³-hybridized carbons (Fsp3) is 1.00. The van der Waals surface area contributed by atoms with Crippen LogP contribution < -0.4 is 0 Å². The van der Waals surface area contributed by atoms with Crippen molar-refractivity contribution in [3.63, 3.8) is 0 Å². The summed E-state index contributed by atoms with van der Waals surface area (Å²) in [5.41, 5.74) is 0. The molecule has 1 N–H and O–H groups in total. The van der Waals surface area contributed by atoms with E-state index in [0.29, 0.717) is 0 Å². The number of hydrogen-bond acceptors (Lipinski definition) is 2. The van der Waals surface area contributed by atoms with Crippen LogP contribution in [0.2, 0.25) is 0 Å². The van der Waals surface area contributed by atoms with Crippen molar-refractivity contribution >= 4 is 12.1 Å². The third-order valence-corrected chi connectivity index (χ3v) is 0.652. The Balaban J connectivity index is 3.36. The van der Waals surface area contributed by atoms with Crippen LogP contribution in [0.25, 0.3) is 0 Å². The van der Waals surface area contributed by atoms with Gasteiger partial charge in [-0.3, -0.25) is 0 Å². The van der Waals surface area contributed by atoms with Crippen molar-refractivity contribution in [3.8, 4) is 0 Å². The van der Waals surface area contributed by atoms with Crippen LogP contribution in [0.15, 0.2) is 0 Å². The van der Waals surface area contributed by atoms with Crippen molar-refractivity contribution in [2.24, 2.45) is 0 Å². The van der Waals surface area contributed by atoms with Gasteiger partial charge in [-0.05, 0) is 0 Å². The maximum Gasteiger partial charge on any atom is 0.345 e. The number of alkyl halides is 2. The molecule has 5 heteroatoms. The van der Waals surface area contributed by atoms with Crippen molar-refractivity contribution < 1.29 is 17.8 Å². The SMILES string of the molecule is OCC(F)(F)SF. The highest BCUT2D eigenvalue weighted by atomic mass is 32.2. The second-order valence-corrected chi connectivity index (χ2v) is 1.62. The molecular formula is C2H3F3OS. The van der Waals surface area contributed by atoms with Gasteiger partial charge in [-0.25, -0.2) is 0 Å². The van der Waals surface area contributed by atoms with Crippen LogP contribution in [0.4, 0.5) is 12.7 Å². The number of aliphatic hydroxyl groups excluding tert-OH is 1. The molecule has 0 saturated heterocycles. The first-order valence-corrected chi connectivity index (χ1v) is 2.12. The Morgan fingerprint density at radius 2 is 2.00 bits per heavy atom. The van der Waals surface area contributed by atoms with Crippen LogP contribution >= 0.6 is 12.1 Å². The molecule has 0 heterocycles. The molecule has 0 amide bonds. The summed E-state index contributed by atoms with van der Waals surface area (Å²) in [6.07, 6.45) is 0. The van der Waals surface area contributed by atoms with Gasteiger partial charge in [0.15, 0.2) is 0 Å². The van der Waals surface area contributed by atoms with Gasteiger partial charge in [0.1, 0.15) is 18.8 Å². The topological polar surface area (TPSA) is 20.2 Å². The first-order chi connectivity index (χ1) is 3.12. The Hall–Kier alpha value is 0.1000. The summed E-state index contributed by atoms with van der Waals surface area (Å²) in [5, 5.41) is 3.97. The molecule has 0 radical (unpaired) electrons. The molecule has 0 aromatic rings. The molecule has 0 aliphatic carbocycles. The highest BCUT2D eigenvalue weighted by molar-refractivity contribution is 7.95. The molecule has 44 valence electrons. The molecule has 1 nitrogen and oxygen atoms in total. The molecule has 0 aromatic heterocycles. The van der Waals surface area contributed by atoms with Crippen molar-refractivity contribution in [1.29, 1.82) is 0 Å². The minimum Gasteiger partial charge on any atom is -0.389 e. The minimum absolute atomic E-state index is 1.16. The number of rotatable bonds is 2. The molecule has 0 aliphatic rings. The average Bonchev–Trinajstić information content (AvgIpc) is 1.68. The lowest BCUT2D eigenvalue weighted by Crippen LogP contribution is -2.13. The quantitative estimate of drug-likeness (QED) is 0.609. The van der Waals surface area contributed by atoms with Gasteiger partial charge < -0.3 is 5.11 Å². The predicted octanol–water partition coefficient (Wildman–Crippen LogP) is 1.19. The maximum atomic E-state index is 11.2. The molecule has 0 atom stereocenters. The van der Waals surface area contributed by atoms with Gasteiger partial charge in [-0.2, -0.15) is 12.7 Å². The van der Waals surface area contributed by atoms with Gasteiger partial charge in [-0.1, -0.05) is 0 Å². The summed E-state index contributed by atoms with van der Waals surface area (Å²) >= 11 is -1.16. The van der Waals surface area contributed by atoms with Gasteiger partial charge in [0, 0.05) is 0 Å². The van der Waals surface area contributed by atoms with Crippen LogP contribution in [-0.2, 0) is 0 Å². The summed E-state index contributed by atoms with van der Waals surface area (Å²) < 4.78 is 33.2. The van der Waals surface area contributed by atoms with E-state index in [9.17, 15) is 12.7 Å². The largest absolute Gasteiger partial charge is 0.389 e. The summed E-state index contributed by atoms with van der Waals surface area (Å²) in [6, 6.07) is 0. The third kappa shape index (κ3) is 2.76. The van der Waals surface area contributed by atoms with E-state index >= 15 is 0 Å². The monoisotopic (exact) mass is 132 g/mol. The van der Waals surface area contributed by atoms with Crippen LogP contribution in [0.1, 0.15) is 0 Å². The second kappa shape index (κ2) is 2.42. The second-order valence-electron chi connectivity index (χ2n) is 0.873. The summed E-state index contributed by atoms with van der Waals surface area (Å²) in [5.74, 6) is 0. The highest BCUT2D eigenvalue weighted by Gasteiger charge is 2.29. The van der Waals surface area contributed by atoms with Crippen LogP contribution in [0.3, 0.4) is 0 Å². The lowest BCUT2D eigenvalue weighted by molar-refractivity contribution is 0.0337. The average molecular weight is 132 g/mol. The molecule has 0 rings (SSSR count). The van der Waals surface area contributed by atoms with Crippen molar-refractivity contribution in [2.45, 2.75) is 5.25 Å².